The predicted molar refractivity (Wildman–Crippen MR) is 80.8 cm³/mol. The zero-order valence-electron chi connectivity index (χ0n) is 10.9. The molecule has 0 saturated carbocycles. The number of nitrogen functional groups attached to an aromatic ring is 1. The van der Waals surface area contributed by atoms with Gasteiger partial charge in [-0.1, -0.05) is 28.1 Å². The van der Waals surface area contributed by atoms with E-state index in [1.54, 1.807) is 37.4 Å². The molecule has 0 unspecified atom stereocenters. The first-order valence-electron chi connectivity index (χ1n) is 6.02. The Morgan fingerprint density at radius 3 is 2.75 bits per heavy atom. The molecule has 0 saturated heterocycles. The van der Waals surface area contributed by atoms with Crippen molar-refractivity contribution in [2.24, 2.45) is 0 Å². The van der Waals surface area contributed by atoms with Gasteiger partial charge in [0.15, 0.2) is 0 Å². The van der Waals surface area contributed by atoms with Gasteiger partial charge in [-0.25, -0.2) is 4.39 Å². The molecule has 0 bridgehead atoms. The van der Waals surface area contributed by atoms with Gasteiger partial charge in [-0.15, -0.1) is 0 Å². The third kappa shape index (κ3) is 3.36. The normalized spacial score (nSPS) is 10.3. The van der Waals surface area contributed by atoms with E-state index in [-0.39, 0.29) is 11.7 Å². The minimum atomic E-state index is -0.315. The highest BCUT2D eigenvalue weighted by Crippen LogP contribution is 2.20. The number of rotatable bonds is 3. The second kappa shape index (κ2) is 6.05. The van der Waals surface area contributed by atoms with Gasteiger partial charge in [-0.2, -0.15) is 0 Å². The van der Waals surface area contributed by atoms with E-state index in [0.717, 1.165) is 10.0 Å². The lowest BCUT2D eigenvalue weighted by molar-refractivity contribution is 0.0786. The van der Waals surface area contributed by atoms with Crippen LogP contribution >= 0.6 is 15.9 Å². The number of carbonyl (C=O) groups excluding carboxylic acids is 1. The lowest BCUT2D eigenvalue weighted by atomic mass is 10.1. The van der Waals surface area contributed by atoms with Gasteiger partial charge in [0.25, 0.3) is 5.91 Å². The number of hydrogen-bond donors (Lipinski definition) is 1. The van der Waals surface area contributed by atoms with Crippen LogP contribution in [-0.4, -0.2) is 17.9 Å². The van der Waals surface area contributed by atoms with E-state index in [1.807, 2.05) is 0 Å². The summed E-state index contributed by atoms with van der Waals surface area (Å²) in [5, 5.41) is 0. The Balaban J connectivity index is 2.18. The van der Waals surface area contributed by atoms with Crippen LogP contribution < -0.4 is 5.73 Å². The van der Waals surface area contributed by atoms with E-state index in [1.165, 1.54) is 17.0 Å². The van der Waals surface area contributed by atoms with Crippen LogP contribution in [0.2, 0.25) is 0 Å². The van der Waals surface area contributed by atoms with Crippen molar-refractivity contribution in [3.63, 3.8) is 0 Å². The molecule has 0 aliphatic heterocycles. The van der Waals surface area contributed by atoms with Gasteiger partial charge in [0.05, 0.1) is 5.56 Å². The second-order valence-corrected chi connectivity index (χ2v) is 5.44. The first kappa shape index (κ1) is 14.5. The molecule has 2 aromatic carbocycles. The van der Waals surface area contributed by atoms with Crippen LogP contribution in [-0.2, 0) is 6.54 Å². The number of anilines is 1. The Labute approximate surface area is 125 Å². The summed E-state index contributed by atoms with van der Waals surface area (Å²) in [7, 11) is 1.66. The highest BCUT2D eigenvalue weighted by molar-refractivity contribution is 9.10. The third-order valence-electron chi connectivity index (χ3n) is 2.90. The van der Waals surface area contributed by atoms with Crippen LogP contribution in [0, 0.1) is 5.82 Å². The molecule has 2 rings (SSSR count). The molecule has 2 N–H and O–H groups in total. The molecule has 0 radical (unpaired) electrons. The summed E-state index contributed by atoms with van der Waals surface area (Å²) in [6, 6.07) is 11.3. The Bertz CT molecular complexity index is 646. The highest BCUT2D eigenvalue weighted by Gasteiger charge is 2.15. The zero-order valence-corrected chi connectivity index (χ0v) is 12.5. The molecule has 0 heterocycles. The largest absolute Gasteiger partial charge is 0.398 e. The molecule has 0 fully saturated rings. The number of carbonyl (C=O) groups is 1. The van der Waals surface area contributed by atoms with E-state index in [4.69, 9.17) is 5.73 Å². The van der Waals surface area contributed by atoms with Gasteiger partial charge in [0.2, 0.25) is 0 Å². The van der Waals surface area contributed by atoms with Gasteiger partial charge in [0, 0.05) is 23.8 Å². The number of amides is 1. The number of halogens is 2. The van der Waals surface area contributed by atoms with Crippen LogP contribution in [0.3, 0.4) is 0 Å². The van der Waals surface area contributed by atoms with Crippen molar-refractivity contribution in [1.82, 2.24) is 4.90 Å². The molecule has 2 aromatic rings. The maximum Gasteiger partial charge on any atom is 0.256 e. The minimum absolute atomic E-state index is 0.201. The second-order valence-electron chi connectivity index (χ2n) is 4.52. The number of nitrogens with zero attached hydrogens (tertiary/aromatic N) is 1. The highest BCUT2D eigenvalue weighted by atomic mass is 79.9. The fourth-order valence-electron chi connectivity index (χ4n) is 1.90. The van der Waals surface area contributed by atoms with Crippen molar-refractivity contribution in [2.75, 3.05) is 12.8 Å². The monoisotopic (exact) mass is 336 g/mol. The van der Waals surface area contributed by atoms with E-state index < -0.39 is 0 Å². The molecule has 0 atom stereocenters. The molecule has 1 amide bonds. The number of hydrogen-bond acceptors (Lipinski definition) is 2. The molecule has 0 aliphatic rings. The van der Waals surface area contributed by atoms with Crippen LogP contribution in [0.4, 0.5) is 10.1 Å². The van der Waals surface area contributed by atoms with Crippen LogP contribution in [0.15, 0.2) is 46.9 Å². The average molecular weight is 337 g/mol. The number of nitrogens with two attached hydrogens (primary N) is 1. The fraction of sp³-hybridized carbons (Fsp3) is 0.133. The van der Waals surface area contributed by atoms with Crippen molar-refractivity contribution in [2.45, 2.75) is 6.54 Å². The average Bonchev–Trinajstić information content (AvgIpc) is 2.40. The maximum atomic E-state index is 13.1. The third-order valence-corrected chi connectivity index (χ3v) is 3.39. The molecule has 104 valence electrons. The Kier molecular flexibility index (Phi) is 4.39. The summed E-state index contributed by atoms with van der Waals surface area (Å²) in [5.41, 5.74) is 7.40. The molecule has 0 aromatic heterocycles. The van der Waals surface area contributed by atoms with Crippen molar-refractivity contribution in [3.8, 4) is 0 Å². The molecule has 3 nitrogen and oxygen atoms in total. The Morgan fingerprint density at radius 1 is 1.30 bits per heavy atom. The fourth-order valence-corrected chi connectivity index (χ4v) is 2.26. The number of benzene rings is 2. The Hall–Kier alpha value is -1.88. The van der Waals surface area contributed by atoms with Gasteiger partial charge in [-0.3, -0.25) is 4.79 Å². The van der Waals surface area contributed by atoms with Crippen molar-refractivity contribution in [1.29, 1.82) is 0 Å². The van der Waals surface area contributed by atoms with E-state index >= 15 is 0 Å². The van der Waals surface area contributed by atoms with Gasteiger partial charge >= 0.3 is 0 Å². The van der Waals surface area contributed by atoms with Crippen molar-refractivity contribution < 1.29 is 9.18 Å². The maximum absolute atomic E-state index is 13.1. The van der Waals surface area contributed by atoms with Crippen LogP contribution in [0.5, 0.6) is 0 Å². The first-order valence-corrected chi connectivity index (χ1v) is 6.81. The molecule has 0 spiro atoms. The summed E-state index contributed by atoms with van der Waals surface area (Å²) in [6.45, 7) is 0.322. The summed E-state index contributed by atoms with van der Waals surface area (Å²) < 4.78 is 13.9. The molecular formula is C15H14BrFN2O. The predicted octanol–water partition coefficient (Wildman–Crippen LogP) is 3.44. The summed E-state index contributed by atoms with van der Waals surface area (Å²) in [6.07, 6.45) is 0. The zero-order chi connectivity index (χ0) is 14.7. The molecule has 0 aliphatic carbocycles. The van der Waals surface area contributed by atoms with E-state index in [2.05, 4.69) is 15.9 Å². The van der Waals surface area contributed by atoms with Crippen molar-refractivity contribution >= 4 is 27.5 Å². The van der Waals surface area contributed by atoms with E-state index in [0.29, 0.717) is 17.8 Å². The standard InChI is InChI=1S/C15H14BrFN2O/c1-19(9-10-3-2-4-12(17)7-10)15(20)13-8-11(16)5-6-14(13)18/h2-8H,9,18H2,1H3. The topological polar surface area (TPSA) is 46.3 Å². The summed E-state index contributed by atoms with van der Waals surface area (Å²) in [5.74, 6) is -0.515. The lowest BCUT2D eigenvalue weighted by Crippen LogP contribution is -2.27. The van der Waals surface area contributed by atoms with Gasteiger partial charge in [-0.05, 0) is 35.9 Å². The molecular weight excluding hydrogens is 323 g/mol. The molecule has 5 heteroatoms. The SMILES string of the molecule is CN(Cc1cccc(F)c1)C(=O)c1cc(Br)ccc1N. The van der Waals surface area contributed by atoms with Gasteiger partial charge in [0.1, 0.15) is 5.82 Å². The Morgan fingerprint density at radius 2 is 2.05 bits per heavy atom. The van der Waals surface area contributed by atoms with Crippen LogP contribution in [0.1, 0.15) is 15.9 Å². The summed E-state index contributed by atoms with van der Waals surface area (Å²) >= 11 is 3.31. The smallest absolute Gasteiger partial charge is 0.256 e. The minimum Gasteiger partial charge on any atom is -0.398 e. The summed E-state index contributed by atoms with van der Waals surface area (Å²) in [4.78, 5) is 13.8. The molecule has 20 heavy (non-hydrogen) atoms. The van der Waals surface area contributed by atoms with Gasteiger partial charge < -0.3 is 10.6 Å². The van der Waals surface area contributed by atoms with E-state index in [9.17, 15) is 9.18 Å². The van der Waals surface area contributed by atoms with Crippen molar-refractivity contribution in [3.05, 3.63) is 63.9 Å². The quantitative estimate of drug-likeness (QED) is 0.872. The first-order chi connectivity index (χ1) is 9.47. The van der Waals surface area contributed by atoms with Crippen LogP contribution in [0.25, 0.3) is 0 Å². The lowest BCUT2D eigenvalue weighted by Gasteiger charge is -2.18.